The van der Waals surface area contributed by atoms with Crippen LogP contribution in [0.15, 0.2) is 60.7 Å². The summed E-state index contributed by atoms with van der Waals surface area (Å²) in [6.07, 6.45) is -0.523. The first kappa shape index (κ1) is 20.6. The molecule has 30 heavy (non-hydrogen) atoms. The number of fused-ring (bicyclic) bond motifs is 5. The van der Waals surface area contributed by atoms with Gasteiger partial charge in [-0.1, -0.05) is 50.2 Å². The summed E-state index contributed by atoms with van der Waals surface area (Å²) in [5.41, 5.74) is 0.110. The molecule has 2 bridgehead atoms. The molecular weight excluding hydrogens is 384 g/mol. The lowest BCUT2D eigenvalue weighted by molar-refractivity contribution is -0.306. The van der Waals surface area contributed by atoms with Crippen molar-refractivity contribution in [3.63, 3.8) is 0 Å². The standard InChI is InChI=1S/C24H26O6/c1-16-13-17(2)24(30-22(26)19-11-7-4-8-12-19)14-27-23(28-15-24)20(16)29-21(25)18-9-5-3-6-10-18/h3-12,16-17,20,23H,13-15H2,1-2H3/t16?,17?,20-,23?,24?/m1/s1. The molecule has 3 aliphatic heterocycles. The fourth-order valence-electron chi connectivity index (χ4n) is 4.10. The van der Waals surface area contributed by atoms with Crippen LogP contribution in [0.25, 0.3) is 0 Å². The van der Waals surface area contributed by atoms with E-state index in [0.717, 1.165) is 0 Å². The van der Waals surface area contributed by atoms with Gasteiger partial charge in [-0.15, -0.1) is 0 Å². The van der Waals surface area contributed by atoms with Crippen LogP contribution in [0.3, 0.4) is 0 Å². The molecule has 158 valence electrons. The molecule has 3 saturated heterocycles. The van der Waals surface area contributed by atoms with Crippen molar-refractivity contribution in [2.45, 2.75) is 38.3 Å². The number of carbonyl (C=O) groups is 2. The second-order valence-electron chi connectivity index (χ2n) is 8.16. The highest BCUT2D eigenvalue weighted by atomic mass is 16.7. The van der Waals surface area contributed by atoms with Gasteiger partial charge in [0.1, 0.15) is 0 Å². The Bertz CT molecular complexity index is 873. The molecule has 6 nitrogen and oxygen atoms in total. The van der Waals surface area contributed by atoms with Gasteiger partial charge in [-0.3, -0.25) is 0 Å². The van der Waals surface area contributed by atoms with E-state index in [9.17, 15) is 9.59 Å². The predicted molar refractivity (Wildman–Crippen MR) is 109 cm³/mol. The van der Waals surface area contributed by atoms with Gasteiger partial charge in [0, 0.05) is 5.92 Å². The molecular formula is C24H26O6. The number of rotatable bonds is 4. The second-order valence-corrected chi connectivity index (χ2v) is 8.16. The number of esters is 2. The molecule has 2 aromatic carbocycles. The van der Waals surface area contributed by atoms with Crippen LogP contribution in [0.5, 0.6) is 0 Å². The smallest absolute Gasteiger partial charge is 0.338 e. The molecule has 3 atom stereocenters. The quantitative estimate of drug-likeness (QED) is 0.713. The summed E-state index contributed by atoms with van der Waals surface area (Å²) in [4.78, 5) is 25.3. The average molecular weight is 410 g/mol. The van der Waals surface area contributed by atoms with Crippen LogP contribution in [0, 0.1) is 11.8 Å². The van der Waals surface area contributed by atoms with Crippen LogP contribution >= 0.6 is 0 Å². The van der Waals surface area contributed by atoms with Gasteiger partial charge < -0.3 is 18.9 Å². The molecule has 3 heterocycles. The van der Waals surface area contributed by atoms with Gasteiger partial charge in [0.05, 0.1) is 24.3 Å². The maximum Gasteiger partial charge on any atom is 0.338 e. The molecule has 0 saturated carbocycles. The van der Waals surface area contributed by atoms with Crippen LogP contribution in [-0.2, 0) is 18.9 Å². The lowest BCUT2D eigenvalue weighted by atomic mass is 9.79. The van der Waals surface area contributed by atoms with E-state index in [-0.39, 0.29) is 25.0 Å². The van der Waals surface area contributed by atoms with Gasteiger partial charge in [-0.2, -0.15) is 0 Å². The summed E-state index contributed by atoms with van der Waals surface area (Å²) < 4.78 is 23.6. The fraction of sp³-hybridized carbons (Fsp3) is 0.417. The minimum absolute atomic E-state index is 0.0342. The fourth-order valence-corrected chi connectivity index (χ4v) is 4.10. The number of carbonyl (C=O) groups excluding carboxylic acids is 2. The first-order chi connectivity index (χ1) is 14.5. The molecule has 0 spiro atoms. The maximum absolute atomic E-state index is 12.7. The van der Waals surface area contributed by atoms with Crippen LogP contribution in [0.2, 0.25) is 0 Å². The SMILES string of the molecule is CC1CC(C)C2(OC(=O)c3ccccc3)COC(OC2)[C@@H]1OC(=O)c1ccccc1. The molecule has 6 heteroatoms. The Morgan fingerprint density at radius 3 is 1.97 bits per heavy atom. The molecule has 0 aromatic heterocycles. The Morgan fingerprint density at radius 1 is 0.867 bits per heavy atom. The van der Waals surface area contributed by atoms with Crippen molar-refractivity contribution in [3.05, 3.63) is 71.8 Å². The van der Waals surface area contributed by atoms with Crippen molar-refractivity contribution in [1.82, 2.24) is 0 Å². The topological polar surface area (TPSA) is 71.1 Å². The highest BCUT2D eigenvalue weighted by Gasteiger charge is 2.51. The van der Waals surface area contributed by atoms with E-state index in [0.29, 0.717) is 17.5 Å². The van der Waals surface area contributed by atoms with Crippen molar-refractivity contribution in [3.8, 4) is 0 Å². The van der Waals surface area contributed by atoms with Gasteiger partial charge in [-0.05, 0) is 36.6 Å². The zero-order valence-electron chi connectivity index (χ0n) is 17.2. The van der Waals surface area contributed by atoms with Gasteiger partial charge in [0.15, 0.2) is 18.0 Å². The van der Waals surface area contributed by atoms with E-state index in [1.54, 1.807) is 48.5 Å². The normalized spacial score (nSPS) is 30.7. The third kappa shape index (κ3) is 4.11. The highest BCUT2D eigenvalue weighted by Crippen LogP contribution is 2.39. The maximum atomic E-state index is 12.7. The van der Waals surface area contributed by atoms with Crippen molar-refractivity contribution in [1.29, 1.82) is 0 Å². The Balaban J connectivity index is 1.48. The lowest BCUT2D eigenvalue weighted by Crippen LogP contribution is -2.60. The van der Waals surface area contributed by atoms with E-state index in [1.807, 2.05) is 26.0 Å². The summed E-state index contributed by atoms with van der Waals surface area (Å²) in [5, 5.41) is 0. The second kappa shape index (κ2) is 8.58. The Hall–Kier alpha value is -2.70. The van der Waals surface area contributed by atoms with E-state index >= 15 is 0 Å². The van der Waals surface area contributed by atoms with E-state index in [1.165, 1.54) is 0 Å². The summed E-state index contributed by atoms with van der Waals surface area (Å²) in [6, 6.07) is 17.8. The Labute approximate surface area is 176 Å². The predicted octanol–water partition coefficient (Wildman–Crippen LogP) is 3.86. The molecule has 2 aromatic rings. The third-order valence-electron chi connectivity index (χ3n) is 5.99. The van der Waals surface area contributed by atoms with Crippen molar-refractivity contribution >= 4 is 11.9 Å². The van der Waals surface area contributed by atoms with E-state index in [4.69, 9.17) is 18.9 Å². The monoisotopic (exact) mass is 410 g/mol. The third-order valence-corrected chi connectivity index (χ3v) is 5.99. The molecule has 0 amide bonds. The summed E-state index contributed by atoms with van der Waals surface area (Å²) >= 11 is 0. The van der Waals surface area contributed by atoms with Crippen molar-refractivity contribution in [2.24, 2.45) is 11.8 Å². The summed E-state index contributed by atoms with van der Waals surface area (Å²) in [7, 11) is 0. The molecule has 0 radical (unpaired) electrons. The zero-order valence-corrected chi connectivity index (χ0v) is 17.2. The minimum atomic E-state index is -0.869. The Kier molecular flexibility index (Phi) is 5.88. The van der Waals surface area contributed by atoms with Crippen LogP contribution < -0.4 is 0 Å². The van der Waals surface area contributed by atoms with Crippen LogP contribution in [0.4, 0.5) is 0 Å². The van der Waals surface area contributed by atoms with E-state index in [2.05, 4.69) is 0 Å². The van der Waals surface area contributed by atoms with Crippen LogP contribution in [0.1, 0.15) is 41.0 Å². The van der Waals surface area contributed by atoms with Gasteiger partial charge >= 0.3 is 11.9 Å². The molecule has 3 fully saturated rings. The summed E-state index contributed by atoms with van der Waals surface area (Å²) in [6.45, 7) is 4.41. The van der Waals surface area contributed by atoms with Gasteiger partial charge in [-0.25, -0.2) is 9.59 Å². The van der Waals surface area contributed by atoms with Crippen LogP contribution in [-0.4, -0.2) is 43.1 Å². The molecule has 5 rings (SSSR count). The van der Waals surface area contributed by atoms with Gasteiger partial charge in [0.2, 0.25) is 0 Å². The minimum Gasteiger partial charge on any atom is -0.453 e. The first-order valence-corrected chi connectivity index (χ1v) is 10.3. The first-order valence-electron chi connectivity index (χ1n) is 10.3. The lowest BCUT2D eigenvalue weighted by Gasteiger charge is -2.48. The number of ether oxygens (including phenoxy) is 4. The molecule has 2 unspecified atom stereocenters. The average Bonchev–Trinajstić information content (AvgIpc) is 2.78. The number of hydrogen-bond acceptors (Lipinski definition) is 6. The molecule has 0 N–H and O–H groups in total. The summed E-state index contributed by atoms with van der Waals surface area (Å²) in [5.74, 6) is -0.874. The molecule has 0 aliphatic carbocycles. The van der Waals surface area contributed by atoms with Gasteiger partial charge in [0.25, 0.3) is 0 Å². The Morgan fingerprint density at radius 2 is 1.40 bits per heavy atom. The van der Waals surface area contributed by atoms with Crippen molar-refractivity contribution in [2.75, 3.05) is 13.2 Å². The van der Waals surface area contributed by atoms with E-state index < -0.39 is 29.9 Å². The molecule has 3 aliphatic rings. The highest BCUT2D eigenvalue weighted by molar-refractivity contribution is 5.90. The largest absolute Gasteiger partial charge is 0.453 e. The zero-order chi connectivity index (χ0) is 21.1. The van der Waals surface area contributed by atoms with Crippen molar-refractivity contribution < 1.29 is 28.5 Å². The number of hydrogen-bond donors (Lipinski definition) is 0. The number of benzene rings is 2.